The summed E-state index contributed by atoms with van der Waals surface area (Å²) in [6, 6.07) is 0.793. The maximum atomic E-state index is 10.0. The van der Waals surface area contributed by atoms with Crippen molar-refractivity contribution in [1.29, 1.82) is 0 Å². The van der Waals surface area contributed by atoms with Crippen LogP contribution in [0.3, 0.4) is 0 Å². The largest absolute Gasteiger partial charge is 0.500 e. The summed E-state index contributed by atoms with van der Waals surface area (Å²) in [5, 5.41) is 0. The van der Waals surface area contributed by atoms with Crippen LogP contribution in [0.15, 0.2) is 4.99 Å². The van der Waals surface area contributed by atoms with Gasteiger partial charge in [-0.1, -0.05) is 20.8 Å². The van der Waals surface area contributed by atoms with Crippen molar-refractivity contribution in [2.75, 3.05) is 26.4 Å². The second kappa shape index (κ2) is 13.5. The Morgan fingerprint density at radius 1 is 0.900 bits per heavy atom. The molecule has 0 atom stereocenters. The van der Waals surface area contributed by atoms with Crippen molar-refractivity contribution in [3.05, 3.63) is 0 Å². The molecule has 0 aromatic carbocycles. The van der Waals surface area contributed by atoms with Gasteiger partial charge in [0.05, 0.1) is 6.54 Å². The maximum Gasteiger partial charge on any atom is 0.500 e. The van der Waals surface area contributed by atoms with Gasteiger partial charge in [-0.05, 0) is 32.1 Å². The highest BCUT2D eigenvalue weighted by Crippen LogP contribution is 2.20. The Morgan fingerprint density at radius 3 is 1.80 bits per heavy atom. The van der Waals surface area contributed by atoms with Gasteiger partial charge in [0.25, 0.3) is 0 Å². The molecule has 0 saturated heterocycles. The zero-order valence-electron chi connectivity index (χ0n) is 13.2. The summed E-state index contributed by atoms with van der Waals surface area (Å²) in [6.07, 6.45) is 6.16. The van der Waals surface area contributed by atoms with E-state index in [1.807, 2.05) is 0 Å². The lowest BCUT2D eigenvalue weighted by Crippen LogP contribution is -2.46. The standard InChI is InChI=1S/C14H29NO4Si/c1-4-10-17-20(18-11-5-2,19-12-6-3)13-8-7-9-15-14-16/h4-13H2,1-3H3. The number of rotatable bonds is 14. The third kappa shape index (κ3) is 9.39. The summed E-state index contributed by atoms with van der Waals surface area (Å²) in [4.78, 5) is 13.6. The first-order valence-corrected chi connectivity index (χ1v) is 9.63. The van der Waals surface area contributed by atoms with E-state index in [0.29, 0.717) is 26.4 Å². The van der Waals surface area contributed by atoms with Gasteiger partial charge in [-0.25, -0.2) is 9.79 Å². The molecule has 0 saturated carbocycles. The highest BCUT2D eigenvalue weighted by Gasteiger charge is 2.40. The zero-order chi connectivity index (χ0) is 15.1. The molecule has 0 rings (SSSR count). The molecule has 5 nitrogen and oxygen atoms in total. The average molecular weight is 303 g/mol. The second-order valence-electron chi connectivity index (χ2n) is 4.66. The molecule has 0 aliphatic carbocycles. The van der Waals surface area contributed by atoms with Crippen molar-refractivity contribution < 1.29 is 18.1 Å². The van der Waals surface area contributed by atoms with Gasteiger partial charge in [0, 0.05) is 25.9 Å². The summed E-state index contributed by atoms with van der Waals surface area (Å²) >= 11 is 0. The Bertz CT molecular complexity index is 248. The molecule has 0 bridgehead atoms. The molecule has 6 heteroatoms. The first-order chi connectivity index (χ1) is 9.74. The highest BCUT2D eigenvalue weighted by molar-refractivity contribution is 6.60. The number of carbonyl (C=O) groups excluding carboxylic acids is 1. The number of hydrogen-bond acceptors (Lipinski definition) is 5. The van der Waals surface area contributed by atoms with Crippen LogP contribution in [-0.4, -0.2) is 41.2 Å². The van der Waals surface area contributed by atoms with E-state index in [4.69, 9.17) is 13.3 Å². The number of hydrogen-bond donors (Lipinski definition) is 0. The predicted octanol–water partition coefficient (Wildman–Crippen LogP) is 3.32. The predicted molar refractivity (Wildman–Crippen MR) is 81.5 cm³/mol. The minimum atomic E-state index is -2.56. The third-order valence-corrected chi connectivity index (χ3v) is 5.54. The lowest BCUT2D eigenvalue weighted by molar-refractivity contribution is 0.0587. The van der Waals surface area contributed by atoms with E-state index in [9.17, 15) is 4.79 Å². The Labute approximate surface area is 124 Å². The fourth-order valence-corrected chi connectivity index (χ4v) is 4.60. The molecule has 118 valence electrons. The van der Waals surface area contributed by atoms with E-state index in [-0.39, 0.29) is 0 Å². The minimum Gasteiger partial charge on any atom is -0.373 e. The second-order valence-corrected chi connectivity index (χ2v) is 7.39. The van der Waals surface area contributed by atoms with Crippen LogP contribution in [0.4, 0.5) is 0 Å². The van der Waals surface area contributed by atoms with Crippen LogP contribution in [0.2, 0.25) is 6.04 Å². The highest BCUT2D eigenvalue weighted by atomic mass is 28.4. The van der Waals surface area contributed by atoms with Crippen molar-refractivity contribution >= 4 is 14.9 Å². The molecule has 0 aliphatic rings. The molecule has 0 amide bonds. The number of unbranched alkanes of at least 4 members (excludes halogenated alkanes) is 1. The Balaban J connectivity index is 4.44. The van der Waals surface area contributed by atoms with E-state index in [1.165, 1.54) is 0 Å². The normalized spacial score (nSPS) is 11.3. The number of aliphatic imine (C=N–C) groups is 1. The molecular formula is C14H29NO4Si. The first kappa shape index (κ1) is 19.5. The molecule has 0 aromatic rings. The van der Waals surface area contributed by atoms with Gasteiger partial charge in [-0.3, -0.25) is 0 Å². The first-order valence-electron chi connectivity index (χ1n) is 7.70. The van der Waals surface area contributed by atoms with Crippen LogP contribution < -0.4 is 0 Å². The van der Waals surface area contributed by atoms with E-state index < -0.39 is 8.80 Å². The minimum absolute atomic E-state index is 0.517. The molecule has 0 aliphatic heterocycles. The zero-order valence-corrected chi connectivity index (χ0v) is 14.2. The fraction of sp³-hybridized carbons (Fsp3) is 0.929. The van der Waals surface area contributed by atoms with Crippen LogP contribution in [0.5, 0.6) is 0 Å². The van der Waals surface area contributed by atoms with E-state index >= 15 is 0 Å². The molecule has 0 spiro atoms. The molecular weight excluding hydrogens is 274 g/mol. The molecule has 0 unspecified atom stereocenters. The van der Waals surface area contributed by atoms with Gasteiger partial charge in [-0.2, -0.15) is 0 Å². The van der Waals surface area contributed by atoms with Crippen molar-refractivity contribution in [3.63, 3.8) is 0 Å². The van der Waals surface area contributed by atoms with Gasteiger partial charge < -0.3 is 13.3 Å². The summed E-state index contributed by atoms with van der Waals surface area (Å²) in [5.41, 5.74) is 0. The summed E-state index contributed by atoms with van der Waals surface area (Å²) < 4.78 is 17.9. The van der Waals surface area contributed by atoms with Gasteiger partial charge in [0.15, 0.2) is 0 Å². The van der Waals surface area contributed by atoms with Crippen LogP contribution in [0.1, 0.15) is 52.9 Å². The Hall–Kier alpha value is -0.523. The van der Waals surface area contributed by atoms with Crippen LogP contribution in [-0.2, 0) is 18.1 Å². The van der Waals surface area contributed by atoms with Crippen molar-refractivity contribution in [2.24, 2.45) is 4.99 Å². The van der Waals surface area contributed by atoms with E-state index in [0.717, 1.165) is 38.1 Å². The van der Waals surface area contributed by atoms with Crippen LogP contribution in [0.25, 0.3) is 0 Å². The van der Waals surface area contributed by atoms with Crippen LogP contribution in [0, 0.1) is 0 Å². The maximum absolute atomic E-state index is 10.0. The molecule has 0 heterocycles. The molecule has 20 heavy (non-hydrogen) atoms. The SMILES string of the molecule is CCCO[Si](CCCCN=C=O)(OCCC)OCCC. The monoisotopic (exact) mass is 303 g/mol. The molecule has 0 N–H and O–H groups in total. The van der Waals surface area contributed by atoms with Gasteiger partial charge in [-0.15, -0.1) is 0 Å². The lowest BCUT2D eigenvalue weighted by Gasteiger charge is -2.29. The lowest BCUT2D eigenvalue weighted by atomic mass is 10.3. The fourth-order valence-electron chi connectivity index (χ4n) is 1.69. The van der Waals surface area contributed by atoms with Crippen molar-refractivity contribution in [3.8, 4) is 0 Å². The average Bonchev–Trinajstić information content (AvgIpc) is 2.48. The summed E-state index contributed by atoms with van der Waals surface area (Å²) in [7, 11) is -2.56. The van der Waals surface area contributed by atoms with E-state index in [2.05, 4.69) is 25.8 Å². The topological polar surface area (TPSA) is 57.1 Å². The van der Waals surface area contributed by atoms with Crippen LogP contribution >= 0.6 is 0 Å². The Morgan fingerprint density at radius 2 is 1.40 bits per heavy atom. The summed E-state index contributed by atoms with van der Waals surface area (Å²) in [6.45, 7) is 8.78. The number of isocyanates is 1. The van der Waals surface area contributed by atoms with Gasteiger partial charge in [0.1, 0.15) is 0 Å². The molecule has 0 radical (unpaired) electrons. The van der Waals surface area contributed by atoms with Gasteiger partial charge >= 0.3 is 8.80 Å². The smallest absolute Gasteiger partial charge is 0.373 e. The van der Waals surface area contributed by atoms with Crippen molar-refractivity contribution in [1.82, 2.24) is 0 Å². The summed E-state index contributed by atoms with van der Waals surface area (Å²) in [5.74, 6) is 0. The molecule has 0 aromatic heterocycles. The molecule has 0 fully saturated rings. The number of nitrogens with zero attached hydrogens (tertiary/aromatic N) is 1. The van der Waals surface area contributed by atoms with Crippen molar-refractivity contribution in [2.45, 2.75) is 58.9 Å². The van der Waals surface area contributed by atoms with E-state index in [1.54, 1.807) is 6.08 Å². The Kier molecular flexibility index (Phi) is 13.1. The quantitative estimate of drug-likeness (QED) is 0.214. The third-order valence-electron chi connectivity index (χ3n) is 2.65. The van der Waals surface area contributed by atoms with Gasteiger partial charge in [0.2, 0.25) is 6.08 Å².